The van der Waals surface area contributed by atoms with Crippen LogP contribution in [-0.4, -0.2) is 25.1 Å². The topological polar surface area (TPSA) is 64.6 Å². The molecule has 0 saturated carbocycles. The third-order valence-corrected chi connectivity index (χ3v) is 5.46. The van der Waals surface area contributed by atoms with Crippen molar-refractivity contribution in [2.24, 2.45) is 0 Å². The quantitative estimate of drug-likeness (QED) is 0.826. The highest BCUT2D eigenvalue weighted by atomic mass is 32.1. The summed E-state index contributed by atoms with van der Waals surface area (Å²) in [7, 11) is 1.36. The highest BCUT2D eigenvalue weighted by molar-refractivity contribution is 7.17. The first kappa shape index (κ1) is 17.5. The van der Waals surface area contributed by atoms with Crippen molar-refractivity contribution in [3.8, 4) is 5.75 Å². The number of carbonyl (C=O) groups excluding carboxylic acids is 2. The lowest BCUT2D eigenvalue weighted by Crippen LogP contribution is -2.30. The van der Waals surface area contributed by atoms with Crippen LogP contribution in [0.15, 0.2) is 24.3 Å². The second kappa shape index (κ2) is 7.27. The number of rotatable bonds is 5. The molecule has 6 heteroatoms. The maximum absolute atomic E-state index is 12.5. The van der Waals surface area contributed by atoms with Crippen molar-refractivity contribution in [2.75, 3.05) is 12.4 Å². The lowest BCUT2D eigenvalue weighted by molar-refractivity contribution is -0.122. The second-order valence-electron chi connectivity index (χ2n) is 6.12. The Balaban J connectivity index is 1.74. The fourth-order valence-electron chi connectivity index (χ4n) is 2.90. The Kier molecular flexibility index (Phi) is 5.08. The minimum atomic E-state index is -0.676. The summed E-state index contributed by atoms with van der Waals surface area (Å²) in [4.78, 5) is 25.8. The predicted molar refractivity (Wildman–Crippen MR) is 97.6 cm³/mol. The molecular weight excluding hydrogens is 338 g/mol. The van der Waals surface area contributed by atoms with Crippen LogP contribution in [0.1, 0.15) is 39.7 Å². The molecule has 132 valence electrons. The lowest BCUT2D eigenvalue weighted by Gasteiger charge is -2.15. The summed E-state index contributed by atoms with van der Waals surface area (Å²) in [5.41, 5.74) is 2.63. The van der Waals surface area contributed by atoms with Gasteiger partial charge in [0.1, 0.15) is 10.8 Å². The lowest BCUT2D eigenvalue weighted by atomic mass is 10.1. The van der Waals surface area contributed by atoms with Gasteiger partial charge in [0.05, 0.1) is 12.7 Å². The molecule has 1 amide bonds. The number of hydrogen-bond acceptors (Lipinski definition) is 5. The number of anilines is 1. The van der Waals surface area contributed by atoms with Crippen LogP contribution < -0.4 is 10.1 Å². The maximum atomic E-state index is 12.5. The highest BCUT2D eigenvalue weighted by Gasteiger charge is 2.29. The van der Waals surface area contributed by atoms with Crippen LogP contribution in [0.25, 0.3) is 0 Å². The van der Waals surface area contributed by atoms with E-state index in [0.29, 0.717) is 16.3 Å². The number of amides is 1. The van der Waals surface area contributed by atoms with Gasteiger partial charge >= 0.3 is 5.97 Å². The third kappa shape index (κ3) is 3.69. The van der Waals surface area contributed by atoms with Gasteiger partial charge in [0.15, 0.2) is 6.10 Å². The zero-order valence-electron chi connectivity index (χ0n) is 14.5. The summed E-state index contributed by atoms with van der Waals surface area (Å²) >= 11 is 1.46. The molecule has 1 aliphatic carbocycles. The van der Waals surface area contributed by atoms with E-state index in [1.54, 1.807) is 6.92 Å². The minimum Gasteiger partial charge on any atom is -0.481 e. The van der Waals surface area contributed by atoms with E-state index in [0.717, 1.165) is 35.3 Å². The van der Waals surface area contributed by atoms with Crippen LogP contribution in [-0.2, 0) is 22.4 Å². The number of fused-ring (bicyclic) bond motifs is 1. The van der Waals surface area contributed by atoms with Crippen molar-refractivity contribution < 1.29 is 19.1 Å². The molecule has 5 nitrogen and oxygen atoms in total. The molecule has 0 spiro atoms. The number of esters is 1. The molecule has 0 bridgehead atoms. The van der Waals surface area contributed by atoms with Gasteiger partial charge < -0.3 is 14.8 Å². The van der Waals surface area contributed by atoms with Gasteiger partial charge in [-0.05, 0) is 50.8 Å². The SMILES string of the molecule is COC(=O)c1c(NC(=O)[C@@H](C)Oc2ccc(C)cc2)sc2c1CCC2. The maximum Gasteiger partial charge on any atom is 0.341 e. The van der Waals surface area contributed by atoms with Gasteiger partial charge in [-0.25, -0.2) is 4.79 Å². The Labute approximate surface area is 151 Å². The van der Waals surface area contributed by atoms with Gasteiger partial charge in [0, 0.05) is 4.88 Å². The van der Waals surface area contributed by atoms with Gasteiger partial charge in [0.25, 0.3) is 5.91 Å². The summed E-state index contributed by atoms with van der Waals surface area (Å²) in [5.74, 6) is -0.0532. The van der Waals surface area contributed by atoms with E-state index in [1.807, 2.05) is 31.2 Å². The molecule has 1 aliphatic rings. The number of methoxy groups -OCH3 is 1. The normalized spacial score (nSPS) is 13.9. The van der Waals surface area contributed by atoms with Crippen LogP contribution in [0.5, 0.6) is 5.75 Å². The van der Waals surface area contributed by atoms with Crippen molar-refractivity contribution in [2.45, 2.75) is 39.2 Å². The molecule has 1 atom stereocenters. The van der Waals surface area contributed by atoms with Crippen molar-refractivity contribution in [1.29, 1.82) is 0 Å². The van der Waals surface area contributed by atoms with Crippen molar-refractivity contribution >= 4 is 28.2 Å². The van der Waals surface area contributed by atoms with Gasteiger partial charge in [-0.15, -0.1) is 11.3 Å². The molecular formula is C19H21NO4S. The Morgan fingerprint density at radius 2 is 1.92 bits per heavy atom. The van der Waals surface area contributed by atoms with E-state index in [2.05, 4.69) is 5.32 Å². The third-order valence-electron chi connectivity index (χ3n) is 4.25. The number of carbonyl (C=O) groups is 2. The monoisotopic (exact) mass is 359 g/mol. The molecule has 0 saturated heterocycles. The molecule has 0 unspecified atom stereocenters. The molecule has 1 aromatic carbocycles. The van der Waals surface area contributed by atoms with Crippen LogP contribution >= 0.6 is 11.3 Å². The first-order chi connectivity index (χ1) is 12.0. The standard InChI is InChI=1S/C19H21NO4S/c1-11-7-9-13(10-8-11)24-12(2)17(21)20-18-16(19(22)23-3)14-5-4-6-15(14)25-18/h7-10,12H,4-6H2,1-3H3,(H,20,21)/t12-/m1/s1. The van der Waals surface area contributed by atoms with Gasteiger partial charge in [-0.2, -0.15) is 0 Å². The van der Waals surface area contributed by atoms with Crippen molar-refractivity contribution in [3.05, 3.63) is 45.8 Å². The summed E-state index contributed by atoms with van der Waals surface area (Å²) in [6, 6.07) is 7.52. The zero-order chi connectivity index (χ0) is 18.0. The zero-order valence-corrected chi connectivity index (χ0v) is 15.4. The molecule has 0 fully saturated rings. The van der Waals surface area contributed by atoms with Crippen molar-refractivity contribution in [1.82, 2.24) is 0 Å². The average molecular weight is 359 g/mol. The number of aryl methyl sites for hydroxylation is 2. The summed E-state index contributed by atoms with van der Waals surface area (Å²) < 4.78 is 10.6. The van der Waals surface area contributed by atoms with E-state index in [1.165, 1.54) is 18.4 Å². The number of thiophene rings is 1. The number of hydrogen-bond donors (Lipinski definition) is 1. The molecule has 25 heavy (non-hydrogen) atoms. The predicted octanol–water partition coefficient (Wildman–Crippen LogP) is 3.74. The number of benzene rings is 1. The smallest absolute Gasteiger partial charge is 0.341 e. The minimum absolute atomic E-state index is 0.286. The largest absolute Gasteiger partial charge is 0.481 e. The van der Waals surface area contributed by atoms with E-state index >= 15 is 0 Å². The fourth-order valence-corrected chi connectivity index (χ4v) is 4.18. The Morgan fingerprint density at radius 1 is 1.20 bits per heavy atom. The van der Waals surface area contributed by atoms with Crippen molar-refractivity contribution in [3.63, 3.8) is 0 Å². The van der Waals surface area contributed by atoms with E-state index < -0.39 is 12.1 Å². The van der Waals surface area contributed by atoms with Gasteiger partial charge in [0.2, 0.25) is 0 Å². The van der Waals surface area contributed by atoms with Crippen LogP contribution in [0.4, 0.5) is 5.00 Å². The molecule has 3 rings (SSSR count). The van der Waals surface area contributed by atoms with Gasteiger partial charge in [-0.1, -0.05) is 17.7 Å². The molecule has 1 aromatic heterocycles. The second-order valence-corrected chi connectivity index (χ2v) is 7.22. The highest BCUT2D eigenvalue weighted by Crippen LogP contribution is 2.39. The van der Waals surface area contributed by atoms with Crippen LogP contribution in [0.3, 0.4) is 0 Å². The summed E-state index contributed by atoms with van der Waals surface area (Å²) in [5, 5.41) is 3.40. The Bertz CT molecular complexity index is 795. The first-order valence-electron chi connectivity index (χ1n) is 8.26. The van der Waals surface area contributed by atoms with E-state index in [4.69, 9.17) is 9.47 Å². The molecule has 0 radical (unpaired) electrons. The van der Waals surface area contributed by atoms with Crippen LogP contribution in [0, 0.1) is 6.92 Å². The molecule has 0 aliphatic heterocycles. The number of ether oxygens (including phenoxy) is 2. The Hall–Kier alpha value is -2.34. The average Bonchev–Trinajstić information content (AvgIpc) is 3.16. The fraction of sp³-hybridized carbons (Fsp3) is 0.368. The van der Waals surface area contributed by atoms with Gasteiger partial charge in [-0.3, -0.25) is 4.79 Å². The number of nitrogens with one attached hydrogen (secondary N) is 1. The molecule has 1 heterocycles. The van der Waals surface area contributed by atoms with Crippen LogP contribution in [0.2, 0.25) is 0 Å². The first-order valence-corrected chi connectivity index (χ1v) is 9.08. The molecule has 1 N–H and O–H groups in total. The van der Waals surface area contributed by atoms with E-state index in [9.17, 15) is 9.59 Å². The summed E-state index contributed by atoms with van der Waals surface area (Å²) in [6.07, 6.45) is 2.15. The summed E-state index contributed by atoms with van der Waals surface area (Å²) in [6.45, 7) is 3.68. The Morgan fingerprint density at radius 3 is 2.60 bits per heavy atom. The molecule has 2 aromatic rings. The van der Waals surface area contributed by atoms with E-state index in [-0.39, 0.29) is 5.91 Å².